The Balaban J connectivity index is 1.70. The smallest absolute Gasteiger partial charge is 0.191 e. The van der Waals surface area contributed by atoms with Crippen LogP contribution >= 0.6 is 0 Å². The van der Waals surface area contributed by atoms with Gasteiger partial charge in [0.1, 0.15) is 5.82 Å². The van der Waals surface area contributed by atoms with Crippen molar-refractivity contribution < 1.29 is 9.13 Å². The molecule has 2 aliphatic rings. The highest BCUT2D eigenvalue weighted by molar-refractivity contribution is 5.80. The van der Waals surface area contributed by atoms with Crippen LogP contribution in [0.4, 0.5) is 4.39 Å². The van der Waals surface area contributed by atoms with Crippen molar-refractivity contribution in [1.82, 2.24) is 15.5 Å². The van der Waals surface area contributed by atoms with Gasteiger partial charge in [0.2, 0.25) is 0 Å². The number of morpholine rings is 1. The van der Waals surface area contributed by atoms with Gasteiger partial charge in [-0.05, 0) is 24.1 Å². The number of nitrogens with zero attached hydrogens (tertiary/aromatic N) is 2. The summed E-state index contributed by atoms with van der Waals surface area (Å²) in [5, 5.41) is 6.67. The molecule has 22 heavy (non-hydrogen) atoms. The largest absolute Gasteiger partial charge is 0.379 e. The van der Waals surface area contributed by atoms with E-state index < -0.39 is 0 Å². The van der Waals surface area contributed by atoms with Crippen LogP contribution in [0, 0.1) is 5.82 Å². The highest BCUT2D eigenvalue weighted by Gasteiger charge is 2.23. The monoisotopic (exact) mass is 306 g/mol. The van der Waals surface area contributed by atoms with E-state index in [4.69, 9.17) is 4.74 Å². The Kier molecular flexibility index (Phi) is 5.24. The number of guanidine groups is 1. The molecule has 0 spiro atoms. The van der Waals surface area contributed by atoms with Crippen LogP contribution in [-0.2, 0) is 4.74 Å². The van der Waals surface area contributed by atoms with Gasteiger partial charge in [0, 0.05) is 32.7 Å². The summed E-state index contributed by atoms with van der Waals surface area (Å²) in [6, 6.07) is 6.98. The van der Waals surface area contributed by atoms with Crippen molar-refractivity contribution in [2.24, 2.45) is 4.99 Å². The fraction of sp³-hybridized carbons (Fsp3) is 0.562. The van der Waals surface area contributed by atoms with Gasteiger partial charge in [0.15, 0.2) is 5.96 Å². The van der Waals surface area contributed by atoms with Crippen LogP contribution in [0.2, 0.25) is 0 Å². The summed E-state index contributed by atoms with van der Waals surface area (Å²) in [7, 11) is 0. The second kappa shape index (κ2) is 7.56. The first-order valence-corrected chi connectivity index (χ1v) is 7.92. The molecule has 1 unspecified atom stereocenters. The van der Waals surface area contributed by atoms with Crippen molar-refractivity contribution in [3.8, 4) is 0 Å². The molecular formula is C16H23FN4O. The second-order valence-corrected chi connectivity index (χ2v) is 5.61. The minimum atomic E-state index is -0.198. The lowest BCUT2D eigenvalue weighted by molar-refractivity contribution is 0.0170. The van der Waals surface area contributed by atoms with Gasteiger partial charge in [-0.15, -0.1) is 0 Å². The van der Waals surface area contributed by atoms with Crippen LogP contribution in [-0.4, -0.2) is 56.8 Å². The van der Waals surface area contributed by atoms with Crippen LogP contribution in [0.15, 0.2) is 29.3 Å². The van der Waals surface area contributed by atoms with E-state index in [0.717, 1.165) is 63.9 Å². The van der Waals surface area contributed by atoms with Gasteiger partial charge in [-0.2, -0.15) is 0 Å². The lowest BCUT2D eigenvalue weighted by Crippen LogP contribution is -2.47. The van der Waals surface area contributed by atoms with Gasteiger partial charge < -0.3 is 15.4 Å². The maximum atomic E-state index is 13.2. The van der Waals surface area contributed by atoms with Crippen molar-refractivity contribution >= 4 is 5.96 Å². The van der Waals surface area contributed by atoms with Crippen LogP contribution in [0.1, 0.15) is 18.0 Å². The van der Waals surface area contributed by atoms with Gasteiger partial charge in [0.05, 0.1) is 19.3 Å². The molecule has 0 amide bonds. The Morgan fingerprint density at radius 2 is 2.05 bits per heavy atom. The number of nitrogens with one attached hydrogen (secondary N) is 2. The summed E-state index contributed by atoms with van der Waals surface area (Å²) in [6.07, 6.45) is 1.08. The molecule has 0 bridgehead atoms. The molecule has 1 aromatic rings. The maximum absolute atomic E-state index is 13.2. The van der Waals surface area contributed by atoms with Crippen molar-refractivity contribution in [2.45, 2.75) is 12.5 Å². The third kappa shape index (κ3) is 3.96. The first-order chi connectivity index (χ1) is 10.8. The third-order valence-electron chi connectivity index (χ3n) is 4.10. The topological polar surface area (TPSA) is 48.9 Å². The van der Waals surface area contributed by atoms with Gasteiger partial charge in [-0.1, -0.05) is 12.1 Å². The average Bonchev–Trinajstić information content (AvgIpc) is 2.58. The Bertz CT molecular complexity index is 499. The summed E-state index contributed by atoms with van der Waals surface area (Å²) in [4.78, 5) is 6.83. The number of aliphatic imine (C=N–C) groups is 1. The average molecular weight is 306 g/mol. The standard InChI is InChI=1S/C16H23FN4O/c17-14-4-2-13(3-5-14)15(21-8-10-22-11-9-21)12-20-16-18-6-1-7-19-16/h2-5,15H,1,6-12H2,(H2,18,19,20). The van der Waals surface area contributed by atoms with Crippen molar-refractivity contribution in [2.75, 3.05) is 45.9 Å². The molecule has 1 atom stereocenters. The van der Waals surface area contributed by atoms with Crippen LogP contribution < -0.4 is 10.6 Å². The van der Waals surface area contributed by atoms with Crippen molar-refractivity contribution in [1.29, 1.82) is 0 Å². The van der Waals surface area contributed by atoms with E-state index >= 15 is 0 Å². The molecule has 0 saturated carbocycles. The number of ether oxygens (including phenoxy) is 1. The van der Waals surface area contributed by atoms with E-state index in [0.29, 0.717) is 0 Å². The molecule has 5 nitrogen and oxygen atoms in total. The molecule has 2 heterocycles. The van der Waals surface area contributed by atoms with Crippen molar-refractivity contribution in [3.05, 3.63) is 35.6 Å². The molecule has 0 radical (unpaired) electrons. The molecule has 3 rings (SSSR count). The predicted octanol–water partition coefficient (Wildman–Crippen LogP) is 1.14. The number of benzene rings is 1. The normalized spacial score (nSPS) is 20.9. The highest BCUT2D eigenvalue weighted by atomic mass is 19.1. The Labute approximate surface area is 130 Å². The van der Waals surface area contributed by atoms with E-state index in [1.807, 2.05) is 12.1 Å². The van der Waals surface area contributed by atoms with E-state index in [-0.39, 0.29) is 11.9 Å². The molecule has 2 N–H and O–H groups in total. The lowest BCUT2D eigenvalue weighted by atomic mass is 10.0. The van der Waals surface area contributed by atoms with E-state index in [2.05, 4.69) is 20.5 Å². The predicted molar refractivity (Wildman–Crippen MR) is 84.5 cm³/mol. The summed E-state index contributed by atoms with van der Waals surface area (Å²) in [5.41, 5.74) is 1.12. The number of hydrogen-bond acceptors (Lipinski definition) is 5. The molecule has 0 aromatic heterocycles. The first-order valence-electron chi connectivity index (χ1n) is 7.92. The zero-order valence-corrected chi connectivity index (χ0v) is 12.7. The zero-order valence-electron chi connectivity index (χ0n) is 12.7. The van der Waals surface area contributed by atoms with Crippen LogP contribution in [0.3, 0.4) is 0 Å². The molecule has 1 fully saturated rings. The Hall–Kier alpha value is -1.66. The molecule has 1 saturated heterocycles. The summed E-state index contributed by atoms with van der Waals surface area (Å²) < 4.78 is 18.6. The van der Waals surface area contributed by atoms with E-state index in [1.165, 1.54) is 12.1 Å². The molecule has 1 aromatic carbocycles. The maximum Gasteiger partial charge on any atom is 0.191 e. The fourth-order valence-corrected chi connectivity index (χ4v) is 2.88. The summed E-state index contributed by atoms with van der Waals surface area (Å²) in [5.74, 6) is 0.669. The molecule has 120 valence electrons. The van der Waals surface area contributed by atoms with Crippen LogP contribution in [0.5, 0.6) is 0 Å². The minimum Gasteiger partial charge on any atom is -0.379 e. The SMILES string of the molecule is Fc1ccc(C(CNC2=NCCCN2)N2CCOCC2)cc1. The van der Waals surface area contributed by atoms with Gasteiger partial charge in [-0.25, -0.2) is 4.39 Å². The molecular weight excluding hydrogens is 283 g/mol. The lowest BCUT2D eigenvalue weighted by Gasteiger charge is -2.35. The Morgan fingerprint density at radius 3 is 2.73 bits per heavy atom. The van der Waals surface area contributed by atoms with E-state index in [9.17, 15) is 4.39 Å². The molecule has 0 aliphatic carbocycles. The zero-order chi connectivity index (χ0) is 15.2. The third-order valence-corrected chi connectivity index (χ3v) is 4.10. The quantitative estimate of drug-likeness (QED) is 0.876. The number of rotatable bonds is 4. The fourth-order valence-electron chi connectivity index (χ4n) is 2.88. The first kappa shape index (κ1) is 15.2. The molecule has 2 aliphatic heterocycles. The summed E-state index contributed by atoms with van der Waals surface area (Å²) in [6.45, 7) is 5.86. The van der Waals surface area contributed by atoms with Gasteiger partial charge >= 0.3 is 0 Å². The highest BCUT2D eigenvalue weighted by Crippen LogP contribution is 2.21. The number of hydrogen-bond donors (Lipinski definition) is 2. The molecule has 6 heteroatoms. The van der Waals surface area contributed by atoms with Crippen LogP contribution in [0.25, 0.3) is 0 Å². The second-order valence-electron chi connectivity index (χ2n) is 5.61. The summed E-state index contributed by atoms with van der Waals surface area (Å²) >= 11 is 0. The Morgan fingerprint density at radius 1 is 1.27 bits per heavy atom. The van der Waals surface area contributed by atoms with Gasteiger partial charge in [-0.3, -0.25) is 9.89 Å². The number of halogens is 1. The van der Waals surface area contributed by atoms with Crippen molar-refractivity contribution in [3.63, 3.8) is 0 Å². The minimum absolute atomic E-state index is 0.191. The van der Waals surface area contributed by atoms with E-state index in [1.54, 1.807) is 0 Å². The van der Waals surface area contributed by atoms with Gasteiger partial charge in [0.25, 0.3) is 0 Å².